The van der Waals surface area contributed by atoms with Gasteiger partial charge in [-0.15, -0.1) is 0 Å². The van der Waals surface area contributed by atoms with Gasteiger partial charge in [0.15, 0.2) is 0 Å². The number of hydrogen-bond acceptors (Lipinski definition) is 8. The molecule has 0 aliphatic carbocycles. The van der Waals surface area contributed by atoms with E-state index in [-0.39, 0.29) is 6.61 Å². The summed E-state index contributed by atoms with van der Waals surface area (Å²) in [5, 5.41) is 0. The summed E-state index contributed by atoms with van der Waals surface area (Å²) in [4.78, 5) is 11.1. The molecule has 1 atom stereocenters. The zero-order valence-corrected chi connectivity index (χ0v) is 16.7. The summed E-state index contributed by atoms with van der Waals surface area (Å²) in [7, 11) is 5.43. The molecule has 0 saturated heterocycles. The van der Waals surface area contributed by atoms with Crippen molar-refractivity contribution in [3.05, 3.63) is 12.7 Å². The lowest BCUT2D eigenvalue weighted by atomic mass is 9.98. The van der Waals surface area contributed by atoms with Gasteiger partial charge in [-0.2, -0.15) is 0 Å². The molecule has 1 unspecified atom stereocenters. The first-order valence-corrected chi connectivity index (χ1v) is 9.15. The Labute approximate surface area is 145 Å². The zero-order valence-electron chi connectivity index (χ0n) is 15.7. The molecule has 0 aliphatic heterocycles. The minimum atomic E-state index is -3.44. The third kappa shape index (κ3) is 4.23. The third-order valence-corrected chi connectivity index (χ3v) is 7.50. The molecule has 0 saturated carbocycles. The molecule has 0 rings (SSSR count). The summed E-state index contributed by atoms with van der Waals surface area (Å²) in [6.07, 6.45) is 2.04. The van der Waals surface area contributed by atoms with E-state index in [0.29, 0.717) is 12.8 Å². The highest BCUT2D eigenvalue weighted by Gasteiger charge is 2.71. The van der Waals surface area contributed by atoms with Crippen LogP contribution in [0.1, 0.15) is 19.8 Å². The molecule has 0 N–H and O–H groups in total. The van der Waals surface area contributed by atoms with Crippen LogP contribution >= 0.6 is 0 Å². The third-order valence-electron chi connectivity index (χ3n) is 4.14. The molecule has 9 heteroatoms. The lowest BCUT2D eigenvalue weighted by molar-refractivity contribution is -0.286. The van der Waals surface area contributed by atoms with Crippen LogP contribution in [0.3, 0.4) is 0 Å². The highest BCUT2D eigenvalue weighted by molar-refractivity contribution is 6.63. The predicted octanol–water partition coefficient (Wildman–Crippen LogP) is 1.31. The minimum Gasteiger partial charge on any atom is -0.463 e. The van der Waals surface area contributed by atoms with Gasteiger partial charge in [0.2, 0.25) is 0 Å². The van der Waals surface area contributed by atoms with E-state index in [0.717, 1.165) is 6.08 Å². The van der Waals surface area contributed by atoms with Gasteiger partial charge < -0.3 is 32.2 Å². The van der Waals surface area contributed by atoms with E-state index in [1.165, 1.54) is 42.7 Å². The molecule has 0 heterocycles. The standard InChI is InChI=1S/C15H30O8Si/c1-9-13(16)23-12-10-11-14(2,17-3)15(18-4,19-5)24(20-6,21-7)22-8/h9H,1,10-12H2,2-8H3. The quantitative estimate of drug-likeness (QED) is 0.159. The molecule has 8 nitrogen and oxygen atoms in total. The smallest absolute Gasteiger partial charge is 0.463 e. The van der Waals surface area contributed by atoms with Crippen LogP contribution < -0.4 is 0 Å². The van der Waals surface area contributed by atoms with Gasteiger partial charge in [0.05, 0.1) is 6.61 Å². The van der Waals surface area contributed by atoms with Crippen molar-refractivity contribution in [2.75, 3.05) is 49.3 Å². The van der Waals surface area contributed by atoms with Crippen LogP contribution in [0.2, 0.25) is 0 Å². The Hall–Kier alpha value is -0.813. The molecule has 0 aromatic rings. The second-order valence-corrected chi connectivity index (χ2v) is 8.10. The fourth-order valence-corrected chi connectivity index (χ4v) is 5.47. The Morgan fingerprint density at radius 2 is 1.50 bits per heavy atom. The van der Waals surface area contributed by atoms with E-state index in [2.05, 4.69) is 6.58 Å². The second-order valence-electron chi connectivity index (χ2n) is 5.10. The van der Waals surface area contributed by atoms with Gasteiger partial charge in [0.1, 0.15) is 5.60 Å². The van der Waals surface area contributed by atoms with Gasteiger partial charge in [0, 0.05) is 48.7 Å². The Bertz CT molecular complexity index is 387. The number of carbonyl (C=O) groups is 1. The normalized spacial score (nSPS) is 15.0. The Kier molecular flexibility index (Phi) is 9.89. The molecule has 0 aliphatic rings. The van der Waals surface area contributed by atoms with E-state index >= 15 is 0 Å². The number of hydrogen-bond donors (Lipinski definition) is 0. The van der Waals surface area contributed by atoms with Gasteiger partial charge in [0.25, 0.3) is 5.41 Å². The Morgan fingerprint density at radius 3 is 1.83 bits per heavy atom. The Balaban J connectivity index is 5.54. The summed E-state index contributed by atoms with van der Waals surface area (Å²) in [6.45, 7) is 5.36. The molecular formula is C15H30O8Si. The summed E-state index contributed by atoms with van der Waals surface area (Å²) in [5.74, 6) is -0.478. The molecule has 0 radical (unpaired) electrons. The number of methoxy groups -OCH3 is 3. The van der Waals surface area contributed by atoms with E-state index in [1.807, 2.05) is 0 Å². The van der Waals surface area contributed by atoms with Crippen LogP contribution in [0.5, 0.6) is 0 Å². The maximum absolute atomic E-state index is 11.1. The van der Waals surface area contributed by atoms with Crippen molar-refractivity contribution in [1.82, 2.24) is 0 Å². The van der Waals surface area contributed by atoms with Crippen LogP contribution in [-0.2, 0) is 37.0 Å². The first kappa shape index (κ1) is 23.2. The van der Waals surface area contributed by atoms with Crippen LogP contribution in [0.4, 0.5) is 0 Å². The van der Waals surface area contributed by atoms with Crippen molar-refractivity contribution >= 4 is 14.8 Å². The zero-order chi connectivity index (χ0) is 18.9. The van der Waals surface area contributed by atoms with Crippen LogP contribution in [0.15, 0.2) is 12.7 Å². The van der Waals surface area contributed by atoms with E-state index in [4.69, 9.17) is 32.2 Å². The summed E-state index contributed by atoms with van der Waals surface area (Å²) < 4.78 is 38.8. The highest BCUT2D eigenvalue weighted by Crippen LogP contribution is 2.41. The van der Waals surface area contributed by atoms with Crippen LogP contribution in [-0.4, -0.2) is 75.1 Å². The van der Waals surface area contributed by atoms with E-state index < -0.39 is 25.8 Å². The monoisotopic (exact) mass is 366 g/mol. The lowest BCUT2D eigenvalue weighted by Crippen LogP contribution is -2.75. The van der Waals surface area contributed by atoms with Crippen LogP contribution in [0, 0.1) is 0 Å². The van der Waals surface area contributed by atoms with Crippen molar-refractivity contribution in [2.45, 2.75) is 30.8 Å². The number of ether oxygens (including phenoxy) is 4. The first-order valence-electron chi connectivity index (χ1n) is 7.42. The van der Waals surface area contributed by atoms with Gasteiger partial charge in [-0.3, -0.25) is 0 Å². The molecule has 142 valence electrons. The maximum atomic E-state index is 11.1. The van der Waals surface area contributed by atoms with Gasteiger partial charge in [-0.05, 0) is 19.8 Å². The van der Waals surface area contributed by atoms with Crippen LogP contribution in [0.25, 0.3) is 0 Å². The number of carbonyl (C=O) groups excluding carboxylic acids is 1. The number of rotatable bonds is 13. The SMILES string of the molecule is C=CC(=O)OCCCC(C)(OC)C(OC)(OC)[Si](OC)(OC)OC. The fourth-order valence-electron chi connectivity index (χ4n) is 2.78. The topological polar surface area (TPSA) is 81.7 Å². The second kappa shape index (κ2) is 10.2. The van der Waals surface area contributed by atoms with Gasteiger partial charge in [-0.25, -0.2) is 4.79 Å². The highest BCUT2D eigenvalue weighted by atomic mass is 28.4. The summed E-state index contributed by atoms with van der Waals surface area (Å²) in [5.41, 5.74) is -2.42. The fraction of sp³-hybridized carbons (Fsp3) is 0.800. The van der Waals surface area contributed by atoms with E-state index in [1.54, 1.807) is 6.92 Å². The molecule has 24 heavy (non-hydrogen) atoms. The first-order chi connectivity index (χ1) is 11.3. The maximum Gasteiger partial charge on any atom is 0.566 e. The molecule has 0 amide bonds. The average Bonchev–Trinajstić information content (AvgIpc) is 2.63. The number of esters is 1. The molecule has 0 aromatic carbocycles. The molecular weight excluding hydrogens is 336 g/mol. The molecule has 0 spiro atoms. The minimum absolute atomic E-state index is 0.203. The lowest BCUT2D eigenvalue weighted by Gasteiger charge is -2.50. The largest absolute Gasteiger partial charge is 0.566 e. The van der Waals surface area contributed by atoms with Gasteiger partial charge >= 0.3 is 14.8 Å². The molecule has 0 fully saturated rings. The Morgan fingerprint density at radius 1 is 1.00 bits per heavy atom. The average molecular weight is 366 g/mol. The van der Waals surface area contributed by atoms with Crippen molar-refractivity contribution in [1.29, 1.82) is 0 Å². The molecule has 0 bridgehead atoms. The summed E-state index contributed by atoms with van der Waals surface area (Å²) in [6, 6.07) is 0. The van der Waals surface area contributed by atoms with Crippen molar-refractivity contribution in [2.24, 2.45) is 0 Å². The molecule has 0 aromatic heterocycles. The summed E-state index contributed by atoms with van der Waals surface area (Å²) >= 11 is 0. The predicted molar refractivity (Wildman–Crippen MR) is 89.3 cm³/mol. The van der Waals surface area contributed by atoms with E-state index in [9.17, 15) is 4.79 Å². The van der Waals surface area contributed by atoms with Crippen molar-refractivity contribution < 1.29 is 37.0 Å². The van der Waals surface area contributed by atoms with Crippen molar-refractivity contribution in [3.63, 3.8) is 0 Å². The van der Waals surface area contributed by atoms with Gasteiger partial charge in [-0.1, -0.05) is 6.58 Å². The van der Waals surface area contributed by atoms with Crippen molar-refractivity contribution in [3.8, 4) is 0 Å².